The van der Waals surface area contributed by atoms with Crippen molar-refractivity contribution in [2.24, 2.45) is 0 Å². The van der Waals surface area contributed by atoms with E-state index in [4.69, 9.17) is 19.4 Å². The van der Waals surface area contributed by atoms with E-state index in [0.717, 1.165) is 65.9 Å². The van der Waals surface area contributed by atoms with Gasteiger partial charge in [0.1, 0.15) is 11.2 Å². The second-order valence-electron chi connectivity index (χ2n) is 12.4. The lowest BCUT2D eigenvalue weighted by Gasteiger charge is -2.10. The summed E-state index contributed by atoms with van der Waals surface area (Å²) in [5, 5.41) is 9.28. The Morgan fingerprint density at radius 1 is 0.347 bits per heavy atom. The summed E-state index contributed by atoms with van der Waals surface area (Å²) in [6.45, 7) is 0. The van der Waals surface area contributed by atoms with Crippen LogP contribution in [-0.4, -0.2) is 15.0 Å². The first-order valence-corrected chi connectivity index (χ1v) is 16.4. The van der Waals surface area contributed by atoms with E-state index >= 15 is 0 Å². The van der Waals surface area contributed by atoms with E-state index in [-0.39, 0.29) is 0 Å². The molecule has 2 heterocycles. The lowest BCUT2D eigenvalue weighted by atomic mass is 9.95. The highest BCUT2D eigenvalue weighted by molar-refractivity contribution is 6.25. The van der Waals surface area contributed by atoms with Crippen molar-refractivity contribution < 1.29 is 4.42 Å². The molecule has 10 aromatic rings. The van der Waals surface area contributed by atoms with Crippen molar-refractivity contribution in [1.29, 1.82) is 0 Å². The Kier molecular flexibility index (Phi) is 6.15. The molecular formula is C45H27N3O. The van der Waals surface area contributed by atoms with Gasteiger partial charge in [-0.2, -0.15) is 0 Å². The summed E-state index contributed by atoms with van der Waals surface area (Å²) >= 11 is 0. The molecule has 0 unspecified atom stereocenters. The Morgan fingerprint density at radius 2 is 0.918 bits per heavy atom. The van der Waals surface area contributed by atoms with Crippen LogP contribution >= 0.6 is 0 Å². The first kappa shape index (κ1) is 27.5. The lowest BCUT2D eigenvalue weighted by Crippen LogP contribution is -2.00. The molecule has 0 saturated heterocycles. The van der Waals surface area contributed by atoms with E-state index in [9.17, 15) is 0 Å². The van der Waals surface area contributed by atoms with Crippen LogP contribution in [0.25, 0.3) is 99.5 Å². The van der Waals surface area contributed by atoms with Crippen molar-refractivity contribution in [1.82, 2.24) is 15.0 Å². The molecule has 0 aliphatic rings. The molecule has 4 nitrogen and oxygen atoms in total. The van der Waals surface area contributed by atoms with Crippen molar-refractivity contribution in [2.45, 2.75) is 0 Å². The second-order valence-corrected chi connectivity index (χ2v) is 12.4. The van der Waals surface area contributed by atoms with Gasteiger partial charge in [0.2, 0.25) is 0 Å². The van der Waals surface area contributed by atoms with E-state index in [0.29, 0.717) is 17.5 Å². The van der Waals surface area contributed by atoms with Crippen LogP contribution < -0.4 is 0 Å². The molecule has 0 amide bonds. The van der Waals surface area contributed by atoms with Crippen LogP contribution in [0.4, 0.5) is 0 Å². The topological polar surface area (TPSA) is 51.8 Å². The number of benzene rings is 8. The molecule has 4 heteroatoms. The van der Waals surface area contributed by atoms with E-state index in [1.165, 1.54) is 16.2 Å². The highest BCUT2D eigenvalue weighted by Gasteiger charge is 2.17. The van der Waals surface area contributed by atoms with Gasteiger partial charge in [0.15, 0.2) is 17.5 Å². The summed E-state index contributed by atoms with van der Waals surface area (Å²) in [5.41, 5.74) is 6.97. The van der Waals surface area contributed by atoms with Gasteiger partial charge in [-0.25, -0.2) is 15.0 Å². The maximum Gasteiger partial charge on any atom is 0.164 e. The van der Waals surface area contributed by atoms with Crippen LogP contribution in [0.2, 0.25) is 0 Å². The Bertz CT molecular complexity index is 2820. The molecule has 8 aromatic carbocycles. The molecule has 0 N–H and O–H groups in total. The number of rotatable bonds is 4. The number of furan rings is 1. The van der Waals surface area contributed by atoms with E-state index in [1.54, 1.807) is 0 Å². The molecule has 0 aliphatic carbocycles. The Morgan fingerprint density at radius 3 is 1.65 bits per heavy atom. The summed E-state index contributed by atoms with van der Waals surface area (Å²) in [6, 6.07) is 56.9. The lowest BCUT2D eigenvalue weighted by molar-refractivity contribution is 0.673. The van der Waals surface area contributed by atoms with Crippen LogP contribution in [-0.2, 0) is 0 Å². The Labute approximate surface area is 282 Å². The average molecular weight is 626 g/mol. The third kappa shape index (κ3) is 4.57. The summed E-state index contributed by atoms with van der Waals surface area (Å²) < 4.78 is 6.65. The average Bonchev–Trinajstić information content (AvgIpc) is 3.57. The molecule has 0 radical (unpaired) electrons. The molecule has 0 saturated carbocycles. The van der Waals surface area contributed by atoms with Gasteiger partial charge in [-0.1, -0.05) is 140 Å². The number of fused-ring (bicyclic) bond motifs is 8. The minimum absolute atomic E-state index is 0.646. The summed E-state index contributed by atoms with van der Waals surface area (Å²) in [5.74, 6) is 1.95. The van der Waals surface area contributed by atoms with E-state index in [2.05, 4.69) is 103 Å². The zero-order chi connectivity index (χ0) is 32.3. The predicted octanol–water partition coefficient (Wildman–Crippen LogP) is 11.9. The van der Waals surface area contributed by atoms with Gasteiger partial charge in [0.25, 0.3) is 0 Å². The van der Waals surface area contributed by atoms with Crippen molar-refractivity contribution in [2.75, 3.05) is 0 Å². The number of hydrogen-bond donors (Lipinski definition) is 0. The maximum atomic E-state index is 6.65. The van der Waals surface area contributed by atoms with Crippen LogP contribution in [0.3, 0.4) is 0 Å². The summed E-state index contributed by atoms with van der Waals surface area (Å²) in [6.07, 6.45) is 0. The van der Waals surface area contributed by atoms with Gasteiger partial charge >= 0.3 is 0 Å². The third-order valence-corrected chi connectivity index (χ3v) is 9.48. The van der Waals surface area contributed by atoms with Gasteiger partial charge in [0.05, 0.1) is 0 Å². The molecule has 2 aromatic heterocycles. The minimum atomic E-state index is 0.646. The van der Waals surface area contributed by atoms with Crippen molar-refractivity contribution >= 4 is 54.3 Å². The SMILES string of the molecule is c1ccc(-c2nc(-c3ccccc3)nc(-c3ccc4cc(-c5cccc6oc7c(ccc8ccc9ccccc9c87)c56)ccc4c3)n2)cc1. The minimum Gasteiger partial charge on any atom is -0.455 e. The zero-order valence-electron chi connectivity index (χ0n) is 26.3. The Hall–Kier alpha value is -6.65. The van der Waals surface area contributed by atoms with E-state index in [1.807, 2.05) is 60.7 Å². The van der Waals surface area contributed by atoms with Crippen LogP contribution in [0.15, 0.2) is 168 Å². The normalized spacial score (nSPS) is 11.7. The fourth-order valence-corrected chi connectivity index (χ4v) is 7.10. The van der Waals surface area contributed by atoms with Crippen molar-refractivity contribution in [3.63, 3.8) is 0 Å². The number of nitrogens with zero attached hydrogens (tertiary/aromatic N) is 3. The molecular weight excluding hydrogens is 599 g/mol. The first-order chi connectivity index (χ1) is 24.3. The fraction of sp³-hybridized carbons (Fsp3) is 0. The van der Waals surface area contributed by atoms with Crippen LogP contribution in [0, 0.1) is 0 Å². The highest BCUT2D eigenvalue weighted by Crippen LogP contribution is 2.42. The molecule has 0 bridgehead atoms. The number of hydrogen-bond acceptors (Lipinski definition) is 4. The summed E-state index contributed by atoms with van der Waals surface area (Å²) in [4.78, 5) is 14.7. The first-order valence-electron chi connectivity index (χ1n) is 16.4. The quantitative estimate of drug-likeness (QED) is 0.183. The second kappa shape index (κ2) is 11.0. The van der Waals surface area contributed by atoms with Crippen LogP contribution in [0.1, 0.15) is 0 Å². The molecule has 0 atom stereocenters. The van der Waals surface area contributed by atoms with Crippen molar-refractivity contribution in [3.05, 3.63) is 164 Å². The van der Waals surface area contributed by atoms with E-state index < -0.39 is 0 Å². The third-order valence-electron chi connectivity index (χ3n) is 9.48. The summed E-state index contributed by atoms with van der Waals surface area (Å²) in [7, 11) is 0. The number of aromatic nitrogens is 3. The van der Waals surface area contributed by atoms with Gasteiger partial charge in [-0.3, -0.25) is 0 Å². The smallest absolute Gasteiger partial charge is 0.164 e. The molecule has 228 valence electrons. The van der Waals surface area contributed by atoms with Gasteiger partial charge < -0.3 is 4.42 Å². The monoisotopic (exact) mass is 625 g/mol. The fourth-order valence-electron chi connectivity index (χ4n) is 7.10. The largest absolute Gasteiger partial charge is 0.455 e. The predicted molar refractivity (Wildman–Crippen MR) is 201 cm³/mol. The molecule has 10 rings (SSSR count). The maximum absolute atomic E-state index is 6.65. The zero-order valence-corrected chi connectivity index (χ0v) is 26.3. The molecule has 0 aliphatic heterocycles. The van der Waals surface area contributed by atoms with Gasteiger partial charge in [-0.15, -0.1) is 0 Å². The molecule has 0 spiro atoms. The Balaban J connectivity index is 1.10. The van der Waals surface area contributed by atoms with Gasteiger partial charge in [-0.05, 0) is 62.3 Å². The van der Waals surface area contributed by atoms with Crippen molar-refractivity contribution in [3.8, 4) is 45.3 Å². The highest BCUT2D eigenvalue weighted by atomic mass is 16.3. The molecule has 0 fully saturated rings. The molecule has 49 heavy (non-hydrogen) atoms. The van der Waals surface area contributed by atoms with Gasteiger partial charge in [0, 0.05) is 32.8 Å². The standard InChI is InChI=1S/C45H27N3O/c1-3-11-30(12-4-1)43-46-44(31-13-5-2-6-14-31)48-45(47-43)35-23-21-32-26-34(22-20-33(32)27-35)37-16-9-17-39-41(37)38-25-24-29-19-18-28-10-7-8-15-36(28)40(29)42(38)49-39/h1-27H. The van der Waals surface area contributed by atoms with Crippen LogP contribution in [0.5, 0.6) is 0 Å².